The molecule has 1 fully saturated rings. The van der Waals surface area contributed by atoms with Crippen LogP contribution >= 0.6 is 8.07 Å². The highest BCUT2D eigenvalue weighted by molar-refractivity contribution is 7.57. The van der Waals surface area contributed by atoms with Crippen molar-refractivity contribution in [3.05, 3.63) is 11.9 Å². The second-order valence-electron chi connectivity index (χ2n) is 4.72. The molecule has 1 saturated carbocycles. The summed E-state index contributed by atoms with van der Waals surface area (Å²) in [5, 5.41) is 0. The standard InChI is InChI=1S/C12H22NP/c1-13-12-9-4-3-7-11(12)8-5-6-10-14(13)2/h6,10-12H,3-5,7-9H2,1-2H3/b10-6-/t11-,12-,14?/m1/s1. The van der Waals surface area contributed by atoms with E-state index in [0.717, 1.165) is 12.0 Å². The zero-order valence-corrected chi connectivity index (χ0v) is 10.3. The molecule has 80 valence electrons. The molecular formula is C12H22NP. The van der Waals surface area contributed by atoms with Gasteiger partial charge in [-0.25, -0.2) is 0 Å². The van der Waals surface area contributed by atoms with Crippen molar-refractivity contribution < 1.29 is 0 Å². The molecule has 1 aliphatic heterocycles. The van der Waals surface area contributed by atoms with E-state index in [9.17, 15) is 0 Å². The first kappa shape index (κ1) is 10.6. The summed E-state index contributed by atoms with van der Waals surface area (Å²) >= 11 is 0. The van der Waals surface area contributed by atoms with Gasteiger partial charge in [0, 0.05) is 6.04 Å². The first-order valence-corrected chi connectivity index (χ1v) is 7.72. The van der Waals surface area contributed by atoms with Crippen LogP contribution in [0.15, 0.2) is 11.9 Å². The zero-order valence-electron chi connectivity index (χ0n) is 9.45. The van der Waals surface area contributed by atoms with Crippen molar-refractivity contribution in [2.24, 2.45) is 5.92 Å². The van der Waals surface area contributed by atoms with Gasteiger partial charge in [-0.1, -0.05) is 24.7 Å². The van der Waals surface area contributed by atoms with Crippen molar-refractivity contribution in [1.82, 2.24) is 4.67 Å². The van der Waals surface area contributed by atoms with E-state index < -0.39 is 0 Å². The van der Waals surface area contributed by atoms with Crippen LogP contribution in [0.5, 0.6) is 0 Å². The molecule has 0 amide bonds. The van der Waals surface area contributed by atoms with E-state index in [0.29, 0.717) is 0 Å². The highest BCUT2D eigenvalue weighted by atomic mass is 31.1. The number of fused-ring (bicyclic) bond motifs is 1. The molecule has 2 aliphatic rings. The molecule has 3 atom stereocenters. The van der Waals surface area contributed by atoms with Gasteiger partial charge in [0.15, 0.2) is 0 Å². The first-order valence-electron chi connectivity index (χ1n) is 5.91. The molecule has 2 heteroatoms. The molecule has 0 radical (unpaired) electrons. The van der Waals surface area contributed by atoms with Crippen LogP contribution in [0.2, 0.25) is 0 Å². The number of hydrogen-bond acceptors (Lipinski definition) is 1. The molecule has 0 spiro atoms. The lowest BCUT2D eigenvalue weighted by molar-refractivity contribution is 0.196. The predicted octanol–water partition coefficient (Wildman–Crippen LogP) is 3.81. The van der Waals surface area contributed by atoms with Crippen LogP contribution in [0.1, 0.15) is 38.5 Å². The van der Waals surface area contributed by atoms with Crippen LogP contribution < -0.4 is 0 Å². The third-order valence-electron chi connectivity index (χ3n) is 3.87. The molecule has 0 N–H and O–H groups in total. The number of hydrogen-bond donors (Lipinski definition) is 0. The fraction of sp³-hybridized carbons (Fsp3) is 0.833. The van der Waals surface area contributed by atoms with Gasteiger partial charge in [-0.15, -0.1) is 0 Å². The minimum atomic E-state index is 0.0127. The van der Waals surface area contributed by atoms with Crippen molar-refractivity contribution in [2.45, 2.75) is 44.6 Å². The lowest BCUT2D eigenvalue weighted by atomic mass is 9.82. The molecule has 14 heavy (non-hydrogen) atoms. The van der Waals surface area contributed by atoms with Gasteiger partial charge in [-0.05, 0) is 53.4 Å². The van der Waals surface area contributed by atoms with Crippen molar-refractivity contribution >= 4 is 8.07 Å². The lowest BCUT2D eigenvalue weighted by Crippen LogP contribution is -2.37. The summed E-state index contributed by atoms with van der Waals surface area (Å²) < 4.78 is 2.66. The quantitative estimate of drug-likeness (QED) is 0.551. The summed E-state index contributed by atoms with van der Waals surface area (Å²) in [6, 6.07) is 0.893. The van der Waals surface area contributed by atoms with Crippen LogP contribution in [0.3, 0.4) is 0 Å². The summed E-state index contributed by atoms with van der Waals surface area (Å²) in [6.07, 6.45) is 11.0. The van der Waals surface area contributed by atoms with Crippen molar-refractivity contribution in [3.8, 4) is 0 Å². The highest BCUT2D eigenvalue weighted by Gasteiger charge is 2.30. The van der Waals surface area contributed by atoms with Crippen LogP contribution in [0.25, 0.3) is 0 Å². The molecule has 0 aromatic heterocycles. The fourth-order valence-corrected chi connectivity index (χ4v) is 4.33. The van der Waals surface area contributed by atoms with Crippen molar-refractivity contribution in [1.29, 1.82) is 0 Å². The van der Waals surface area contributed by atoms with Crippen LogP contribution in [-0.4, -0.2) is 24.4 Å². The predicted molar refractivity (Wildman–Crippen MR) is 64.7 cm³/mol. The van der Waals surface area contributed by atoms with Gasteiger partial charge in [0.2, 0.25) is 0 Å². The maximum absolute atomic E-state index is 2.66. The minimum absolute atomic E-state index is 0.0127. The van der Waals surface area contributed by atoms with E-state index >= 15 is 0 Å². The molecule has 0 saturated heterocycles. The van der Waals surface area contributed by atoms with Crippen molar-refractivity contribution in [2.75, 3.05) is 13.7 Å². The fourth-order valence-electron chi connectivity index (χ4n) is 2.89. The lowest BCUT2D eigenvalue weighted by Gasteiger charge is -2.41. The maximum Gasteiger partial charge on any atom is 0.0162 e. The van der Waals surface area contributed by atoms with Gasteiger partial charge >= 0.3 is 0 Å². The first-order chi connectivity index (χ1) is 6.79. The number of rotatable bonds is 0. The van der Waals surface area contributed by atoms with E-state index in [4.69, 9.17) is 0 Å². The molecular weight excluding hydrogens is 189 g/mol. The third-order valence-corrected chi connectivity index (χ3v) is 5.81. The highest BCUT2D eigenvalue weighted by Crippen LogP contribution is 2.45. The normalized spacial score (nSPS) is 42.3. The van der Waals surface area contributed by atoms with Gasteiger partial charge in [-0.2, -0.15) is 0 Å². The number of allylic oxidation sites excluding steroid dienone is 1. The Hall–Kier alpha value is 0.130. The molecule has 1 nitrogen and oxygen atoms in total. The van der Waals surface area contributed by atoms with Crippen LogP contribution in [0.4, 0.5) is 0 Å². The summed E-state index contributed by atoms with van der Waals surface area (Å²) in [5.74, 6) is 3.43. The van der Waals surface area contributed by atoms with Gasteiger partial charge < -0.3 is 0 Å². The molecule has 1 aliphatic carbocycles. The van der Waals surface area contributed by atoms with E-state index in [-0.39, 0.29) is 8.07 Å². The van der Waals surface area contributed by atoms with Crippen LogP contribution in [0, 0.1) is 5.92 Å². The molecule has 2 rings (SSSR count). The van der Waals surface area contributed by atoms with Gasteiger partial charge in [-0.3, -0.25) is 4.67 Å². The monoisotopic (exact) mass is 211 g/mol. The Labute approximate surface area is 89.4 Å². The van der Waals surface area contributed by atoms with Gasteiger partial charge in [0.1, 0.15) is 0 Å². The summed E-state index contributed by atoms with van der Waals surface area (Å²) in [7, 11) is 2.35. The Kier molecular flexibility index (Phi) is 3.62. The minimum Gasteiger partial charge on any atom is -0.279 e. The molecule has 0 aromatic rings. The topological polar surface area (TPSA) is 3.24 Å². The van der Waals surface area contributed by atoms with Gasteiger partial charge in [0.25, 0.3) is 0 Å². The SMILES string of the molecule is CN1[C@@H]2CCCC[C@@H]2CC/C=C\P1C. The molecule has 0 aromatic carbocycles. The zero-order chi connectivity index (χ0) is 9.97. The van der Waals surface area contributed by atoms with Crippen molar-refractivity contribution in [3.63, 3.8) is 0 Å². The summed E-state index contributed by atoms with van der Waals surface area (Å²) in [6.45, 7) is 2.39. The molecule has 0 bridgehead atoms. The molecule has 1 unspecified atom stereocenters. The summed E-state index contributed by atoms with van der Waals surface area (Å²) in [4.78, 5) is 0. The Balaban J connectivity index is 2.11. The molecule has 1 heterocycles. The average Bonchev–Trinajstić information content (AvgIpc) is 2.22. The maximum atomic E-state index is 2.66. The van der Waals surface area contributed by atoms with Crippen LogP contribution in [-0.2, 0) is 0 Å². The Bertz CT molecular complexity index is 214. The van der Waals surface area contributed by atoms with E-state index in [2.05, 4.69) is 30.3 Å². The van der Waals surface area contributed by atoms with E-state index in [1.165, 1.54) is 38.5 Å². The Morgan fingerprint density at radius 3 is 2.86 bits per heavy atom. The Morgan fingerprint density at radius 1 is 1.21 bits per heavy atom. The van der Waals surface area contributed by atoms with Gasteiger partial charge in [0.05, 0.1) is 0 Å². The summed E-state index contributed by atoms with van der Waals surface area (Å²) in [5.41, 5.74) is 0. The smallest absolute Gasteiger partial charge is 0.0162 e. The second kappa shape index (κ2) is 4.77. The third kappa shape index (κ3) is 2.20. The second-order valence-corrected chi connectivity index (χ2v) is 6.80. The number of nitrogens with zero attached hydrogens (tertiary/aromatic N) is 1. The van der Waals surface area contributed by atoms with E-state index in [1.807, 2.05) is 0 Å². The van der Waals surface area contributed by atoms with E-state index in [1.54, 1.807) is 0 Å². The Morgan fingerprint density at radius 2 is 2.00 bits per heavy atom. The largest absolute Gasteiger partial charge is 0.279 e. The average molecular weight is 211 g/mol.